The maximum absolute atomic E-state index is 13.1. The Bertz CT molecular complexity index is 1790. The van der Waals surface area contributed by atoms with Gasteiger partial charge in [0.25, 0.3) is 0 Å². The van der Waals surface area contributed by atoms with Gasteiger partial charge in [-0.15, -0.1) is 0 Å². The second-order valence-corrected chi connectivity index (χ2v) is 17.1. The molecular weight excluding hydrogens is 855 g/mol. The SMILES string of the molecule is C[C@H](NC(=O)C(CCCc1ccccc1)CC(=O)NO)C(=O)N[C@@H](CCC(N)=O)C(=O)NCC(=O)NCC(=O)N[C@@H](CCCCNC(=O)CCCC[C@@H]1SC[C@@H]2NC(=O)N[C@@H]21)C(N)=O. The predicted molar refractivity (Wildman–Crippen MR) is 233 cm³/mol. The van der Waals surface area contributed by atoms with Crippen LogP contribution >= 0.6 is 11.8 Å². The summed E-state index contributed by atoms with van der Waals surface area (Å²) in [5.41, 5.74) is 13.3. The van der Waals surface area contributed by atoms with Crippen LogP contribution in [0.25, 0.3) is 0 Å². The molecule has 1 aromatic rings. The van der Waals surface area contributed by atoms with E-state index >= 15 is 0 Å². The van der Waals surface area contributed by atoms with Crippen LogP contribution in [0.4, 0.5) is 4.79 Å². The zero-order valence-corrected chi connectivity index (χ0v) is 36.9. The molecule has 2 aliphatic rings. The lowest BCUT2D eigenvalue weighted by Gasteiger charge is -2.23. The van der Waals surface area contributed by atoms with Crippen molar-refractivity contribution in [3.05, 3.63) is 35.9 Å². The second-order valence-electron chi connectivity index (χ2n) is 15.8. The summed E-state index contributed by atoms with van der Waals surface area (Å²) in [6.07, 6.45) is 4.50. The van der Waals surface area contributed by atoms with Crippen LogP contribution in [0, 0.1) is 5.92 Å². The molecule has 14 N–H and O–H groups in total. The Labute approximate surface area is 375 Å². The number of unbranched alkanes of at least 4 members (excludes halogenated alkanes) is 2. The molecule has 2 saturated heterocycles. The molecule has 0 aromatic heterocycles. The Morgan fingerprint density at radius 1 is 0.734 bits per heavy atom. The van der Waals surface area contributed by atoms with Gasteiger partial charge in [-0.1, -0.05) is 36.8 Å². The van der Waals surface area contributed by atoms with Crippen molar-refractivity contribution in [3.8, 4) is 0 Å². The number of urea groups is 1. The summed E-state index contributed by atoms with van der Waals surface area (Å²) >= 11 is 1.83. The standard InChI is InChI=1S/C41H63N11O11S/c1-24(47-39(60)26(20-33(55)52-63)13-9-12-25-10-3-2-4-11-25)38(59)49-28(17-18-31(42)53)40(61)46-21-34(56)45-22-35(57)48-27(37(43)58)14-7-8-19-44-32(54)16-6-5-15-30-36-29(23-64-30)50-41(62)51-36/h2-4,10-11,24,26-30,36,63H,5-9,12-23H2,1H3,(H2,42,53)(H2,43,58)(H,44,54)(H,45,56)(H,46,61)(H,47,60)(H,48,57)(H,49,59)(H,52,55)(H2,50,51,62)/t24-,26?,27-,28-,29-,30-,36-/m0/s1. The van der Waals surface area contributed by atoms with Crippen molar-refractivity contribution in [3.63, 3.8) is 0 Å². The molecule has 11 amide bonds. The fraction of sp³-hybridized carbons (Fsp3) is 0.610. The Morgan fingerprint density at radius 3 is 2.17 bits per heavy atom. The normalized spacial score (nSPS) is 18.0. The highest BCUT2D eigenvalue weighted by molar-refractivity contribution is 8.00. The maximum Gasteiger partial charge on any atom is 0.315 e. The Balaban J connectivity index is 1.35. The van der Waals surface area contributed by atoms with E-state index in [4.69, 9.17) is 16.7 Å². The van der Waals surface area contributed by atoms with Crippen molar-refractivity contribution in [2.45, 2.75) is 126 Å². The first kappa shape index (κ1) is 52.4. The first-order valence-electron chi connectivity index (χ1n) is 21.5. The van der Waals surface area contributed by atoms with Gasteiger partial charge in [-0.3, -0.25) is 48.4 Å². The Hall–Kier alpha value is -5.97. The summed E-state index contributed by atoms with van der Waals surface area (Å²) in [4.78, 5) is 124. The van der Waals surface area contributed by atoms with Gasteiger partial charge < -0.3 is 54.0 Å². The first-order valence-corrected chi connectivity index (χ1v) is 22.5. The number of carbonyl (C=O) groups excluding carboxylic acids is 10. The molecule has 1 aromatic carbocycles. The number of thioether (sulfide) groups is 1. The zero-order valence-electron chi connectivity index (χ0n) is 36.0. The highest BCUT2D eigenvalue weighted by Gasteiger charge is 2.42. The highest BCUT2D eigenvalue weighted by Crippen LogP contribution is 2.33. The molecule has 7 atom stereocenters. The Kier molecular flexibility index (Phi) is 22.9. The number of hydrogen-bond donors (Lipinski definition) is 12. The topological polar surface area (TPSA) is 351 Å². The summed E-state index contributed by atoms with van der Waals surface area (Å²) in [7, 11) is 0. The molecular formula is C41H63N11O11S. The van der Waals surface area contributed by atoms with E-state index in [1.807, 2.05) is 42.1 Å². The number of nitrogens with two attached hydrogens (primary N) is 2. The summed E-state index contributed by atoms with van der Waals surface area (Å²) in [5, 5.41) is 30.1. The van der Waals surface area contributed by atoms with E-state index in [-0.39, 0.29) is 56.1 Å². The minimum atomic E-state index is -1.36. The van der Waals surface area contributed by atoms with Crippen LogP contribution in [-0.2, 0) is 49.6 Å². The van der Waals surface area contributed by atoms with E-state index < -0.39 is 84.4 Å². The van der Waals surface area contributed by atoms with Gasteiger partial charge in [0.2, 0.25) is 53.2 Å². The van der Waals surface area contributed by atoms with Crippen LogP contribution < -0.4 is 59.5 Å². The summed E-state index contributed by atoms with van der Waals surface area (Å²) in [5.74, 6) is -6.31. The van der Waals surface area contributed by atoms with E-state index in [0.29, 0.717) is 50.3 Å². The molecule has 0 radical (unpaired) electrons. The van der Waals surface area contributed by atoms with Crippen LogP contribution in [0.3, 0.4) is 0 Å². The summed E-state index contributed by atoms with van der Waals surface area (Å²) in [6, 6.07) is 6.01. The maximum atomic E-state index is 13.1. The highest BCUT2D eigenvalue weighted by atomic mass is 32.2. The van der Waals surface area contributed by atoms with Crippen LogP contribution in [0.1, 0.15) is 89.5 Å². The number of carbonyl (C=O) groups is 10. The molecule has 1 unspecified atom stereocenters. The number of benzene rings is 1. The molecule has 2 fully saturated rings. The van der Waals surface area contributed by atoms with Crippen molar-refractivity contribution in [2.24, 2.45) is 17.4 Å². The number of rotatable bonds is 30. The molecule has 22 nitrogen and oxygen atoms in total. The van der Waals surface area contributed by atoms with Gasteiger partial charge in [-0.2, -0.15) is 11.8 Å². The third kappa shape index (κ3) is 19.6. The summed E-state index contributed by atoms with van der Waals surface area (Å²) in [6.45, 7) is 0.513. The molecule has 64 heavy (non-hydrogen) atoms. The number of aryl methyl sites for hydroxylation is 1. The molecule has 0 saturated carbocycles. The minimum absolute atomic E-state index is 0.0928. The van der Waals surface area contributed by atoms with E-state index in [0.717, 1.165) is 24.2 Å². The van der Waals surface area contributed by atoms with Crippen LogP contribution in [0.15, 0.2) is 30.3 Å². The van der Waals surface area contributed by atoms with Gasteiger partial charge in [0, 0.05) is 42.7 Å². The number of fused-ring (bicyclic) bond motifs is 1. The van der Waals surface area contributed by atoms with Gasteiger partial charge in [0.05, 0.1) is 25.2 Å². The summed E-state index contributed by atoms with van der Waals surface area (Å²) < 4.78 is 0. The first-order chi connectivity index (χ1) is 30.6. The van der Waals surface area contributed by atoms with Crippen molar-refractivity contribution in [1.29, 1.82) is 0 Å². The lowest BCUT2D eigenvalue weighted by atomic mass is 9.95. The molecule has 0 aliphatic carbocycles. The van der Waals surface area contributed by atoms with Crippen LogP contribution in [0.5, 0.6) is 0 Å². The van der Waals surface area contributed by atoms with Crippen molar-refractivity contribution < 1.29 is 53.2 Å². The van der Waals surface area contributed by atoms with Gasteiger partial charge in [-0.25, -0.2) is 10.3 Å². The fourth-order valence-electron chi connectivity index (χ4n) is 7.17. The molecule has 354 valence electrons. The number of amides is 11. The van der Waals surface area contributed by atoms with Gasteiger partial charge in [-0.05, 0) is 70.3 Å². The van der Waals surface area contributed by atoms with Crippen LogP contribution in [0.2, 0.25) is 0 Å². The van der Waals surface area contributed by atoms with Gasteiger partial charge >= 0.3 is 6.03 Å². The fourth-order valence-corrected chi connectivity index (χ4v) is 8.71. The second kappa shape index (κ2) is 28.0. The minimum Gasteiger partial charge on any atom is -0.370 e. The number of hydrogen-bond acceptors (Lipinski definition) is 12. The largest absolute Gasteiger partial charge is 0.370 e. The third-order valence-corrected chi connectivity index (χ3v) is 12.2. The average Bonchev–Trinajstić information content (AvgIpc) is 3.82. The Morgan fingerprint density at radius 2 is 1.47 bits per heavy atom. The van der Waals surface area contributed by atoms with E-state index in [1.165, 1.54) is 12.4 Å². The van der Waals surface area contributed by atoms with E-state index in [2.05, 4.69) is 42.5 Å². The van der Waals surface area contributed by atoms with Gasteiger partial charge in [0.15, 0.2) is 0 Å². The zero-order chi connectivity index (χ0) is 47.0. The number of nitrogens with one attached hydrogen (secondary N) is 9. The molecule has 0 bridgehead atoms. The number of primary amides is 2. The molecule has 23 heteroatoms. The lowest BCUT2D eigenvalue weighted by molar-refractivity contribution is -0.136. The third-order valence-electron chi connectivity index (χ3n) is 10.7. The lowest BCUT2D eigenvalue weighted by Crippen LogP contribution is -2.54. The van der Waals surface area contributed by atoms with Crippen molar-refractivity contribution >= 4 is 71.0 Å². The van der Waals surface area contributed by atoms with E-state index in [1.54, 1.807) is 0 Å². The molecule has 2 aliphatic heterocycles. The average molecular weight is 918 g/mol. The molecule has 2 heterocycles. The molecule has 0 spiro atoms. The van der Waals surface area contributed by atoms with Gasteiger partial charge in [0.1, 0.15) is 18.1 Å². The quantitative estimate of drug-likeness (QED) is 0.0173. The number of hydroxylamine groups is 1. The van der Waals surface area contributed by atoms with Crippen molar-refractivity contribution in [1.82, 2.24) is 48.0 Å². The van der Waals surface area contributed by atoms with Crippen molar-refractivity contribution in [2.75, 3.05) is 25.4 Å². The predicted octanol–water partition coefficient (Wildman–Crippen LogP) is -2.01. The smallest absolute Gasteiger partial charge is 0.315 e. The monoisotopic (exact) mass is 917 g/mol. The van der Waals surface area contributed by atoms with Crippen LogP contribution in [-0.4, -0.2) is 125 Å². The van der Waals surface area contributed by atoms with E-state index in [9.17, 15) is 47.9 Å². The molecule has 3 rings (SSSR count).